The summed E-state index contributed by atoms with van der Waals surface area (Å²) in [5.41, 5.74) is 2.17. The van der Waals surface area contributed by atoms with Gasteiger partial charge in [0.05, 0.1) is 20.3 Å². The number of carbonyl (C=O) groups excluding carboxylic acids is 1. The number of morpholine rings is 1. The molecule has 2 aromatic carbocycles. The van der Waals surface area contributed by atoms with Gasteiger partial charge in [0.2, 0.25) is 5.91 Å². The molecule has 0 aliphatic carbocycles. The Balaban J connectivity index is 1.43. The van der Waals surface area contributed by atoms with Gasteiger partial charge in [-0.2, -0.15) is 0 Å². The number of thioether (sulfide) groups is 2. The summed E-state index contributed by atoms with van der Waals surface area (Å²) in [4.78, 5) is 15.1. The molecule has 1 amide bonds. The number of benzene rings is 2. The summed E-state index contributed by atoms with van der Waals surface area (Å²) in [6.07, 6.45) is 0. The number of ether oxygens (including phenoxy) is 2. The summed E-state index contributed by atoms with van der Waals surface area (Å²) in [6, 6.07) is 17.9. The van der Waals surface area contributed by atoms with E-state index in [9.17, 15) is 4.79 Å². The van der Waals surface area contributed by atoms with Crippen molar-refractivity contribution in [2.24, 2.45) is 0 Å². The van der Waals surface area contributed by atoms with Crippen molar-refractivity contribution in [2.75, 3.05) is 33.4 Å². The second-order valence-corrected chi connectivity index (χ2v) is 10.4. The molecule has 1 aliphatic rings. The van der Waals surface area contributed by atoms with Gasteiger partial charge in [-0.25, -0.2) is 0 Å². The smallest absolute Gasteiger partial charge is 0.240 e. The van der Waals surface area contributed by atoms with Crippen molar-refractivity contribution in [3.8, 4) is 5.75 Å². The van der Waals surface area contributed by atoms with Crippen LogP contribution in [0, 0.1) is 0 Å². The minimum absolute atomic E-state index is 0.0992. The van der Waals surface area contributed by atoms with Gasteiger partial charge in [0.25, 0.3) is 0 Å². The van der Waals surface area contributed by atoms with E-state index < -0.39 is 0 Å². The van der Waals surface area contributed by atoms with Crippen molar-refractivity contribution >= 4 is 40.8 Å². The lowest BCUT2D eigenvalue weighted by Crippen LogP contribution is -2.42. The van der Waals surface area contributed by atoms with Gasteiger partial charge >= 0.3 is 0 Å². The fourth-order valence-electron chi connectivity index (χ4n) is 3.11. The van der Waals surface area contributed by atoms with Crippen LogP contribution >= 0.6 is 34.9 Å². The van der Waals surface area contributed by atoms with Gasteiger partial charge in [-0.3, -0.25) is 4.79 Å². The molecule has 2 heterocycles. The Morgan fingerprint density at radius 3 is 2.52 bits per heavy atom. The topological polar surface area (TPSA) is 64.6 Å². The van der Waals surface area contributed by atoms with E-state index in [4.69, 9.17) is 9.47 Å². The average molecular weight is 474 g/mol. The van der Waals surface area contributed by atoms with Gasteiger partial charge in [-0.1, -0.05) is 77.3 Å². The normalized spacial score (nSPS) is 14.9. The molecule has 0 N–H and O–H groups in total. The van der Waals surface area contributed by atoms with Gasteiger partial charge in [-0.05, 0) is 23.3 Å². The summed E-state index contributed by atoms with van der Waals surface area (Å²) in [7, 11) is 1.66. The molecule has 1 aromatic heterocycles. The highest BCUT2D eigenvalue weighted by Crippen LogP contribution is 2.40. The van der Waals surface area contributed by atoms with Crippen LogP contribution in [0.25, 0.3) is 0 Å². The molecule has 1 atom stereocenters. The monoisotopic (exact) mass is 473 g/mol. The lowest BCUT2D eigenvalue weighted by molar-refractivity contribution is -0.134. The number of carbonyl (C=O) groups is 1. The Bertz CT molecular complexity index is 976. The first-order valence-corrected chi connectivity index (χ1v) is 12.6. The van der Waals surface area contributed by atoms with Gasteiger partial charge in [0.15, 0.2) is 8.68 Å². The fraction of sp³-hybridized carbons (Fsp3) is 0.318. The highest BCUT2D eigenvalue weighted by atomic mass is 32.2. The molecular formula is C22H23N3O3S3. The quantitative estimate of drug-likeness (QED) is 0.445. The Morgan fingerprint density at radius 2 is 1.81 bits per heavy atom. The van der Waals surface area contributed by atoms with E-state index in [1.165, 1.54) is 28.7 Å². The lowest BCUT2D eigenvalue weighted by atomic mass is 10.1. The number of aromatic nitrogens is 2. The Kier molecular flexibility index (Phi) is 7.85. The van der Waals surface area contributed by atoms with E-state index in [1.54, 1.807) is 18.9 Å². The maximum atomic E-state index is 13.3. The minimum Gasteiger partial charge on any atom is -0.497 e. The predicted octanol–water partition coefficient (Wildman–Crippen LogP) is 4.53. The molecule has 4 rings (SSSR count). The highest BCUT2D eigenvalue weighted by molar-refractivity contribution is 8.03. The third-order valence-corrected chi connectivity index (χ3v) is 8.23. The molecule has 6 nitrogen and oxygen atoms in total. The Morgan fingerprint density at radius 1 is 1.10 bits per heavy atom. The molecule has 0 spiro atoms. The standard InChI is InChI=1S/C22H23N3O3S3/c1-27-18-9-7-16(8-10-18)15-29-21-23-24-22(31-21)30-19(17-5-3-2-4-6-17)20(26)25-11-13-28-14-12-25/h2-10,19H,11-15H2,1H3/t19-/m0/s1. The molecule has 0 radical (unpaired) electrons. The molecule has 162 valence electrons. The molecule has 1 fully saturated rings. The van der Waals surface area contributed by atoms with Crippen molar-refractivity contribution in [3.63, 3.8) is 0 Å². The Hall–Kier alpha value is -2.07. The van der Waals surface area contributed by atoms with Crippen molar-refractivity contribution in [1.29, 1.82) is 0 Å². The molecule has 31 heavy (non-hydrogen) atoms. The first-order valence-electron chi connectivity index (χ1n) is 9.90. The summed E-state index contributed by atoms with van der Waals surface area (Å²) in [5.74, 6) is 1.75. The van der Waals surface area contributed by atoms with E-state index in [0.29, 0.717) is 26.3 Å². The first kappa shape index (κ1) is 22.1. The van der Waals surface area contributed by atoms with Crippen LogP contribution in [0.3, 0.4) is 0 Å². The van der Waals surface area contributed by atoms with E-state index >= 15 is 0 Å². The molecular weight excluding hydrogens is 450 g/mol. The van der Waals surface area contributed by atoms with E-state index in [0.717, 1.165) is 25.7 Å². The number of hydrogen-bond donors (Lipinski definition) is 0. The zero-order valence-electron chi connectivity index (χ0n) is 17.1. The minimum atomic E-state index is -0.341. The maximum Gasteiger partial charge on any atom is 0.240 e. The average Bonchev–Trinajstić information content (AvgIpc) is 3.30. The summed E-state index contributed by atoms with van der Waals surface area (Å²) in [5, 5.41) is 8.33. The zero-order valence-corrected chi connectivity index (χ0v) is 19.5. The zero-order chi connectivity index (χ0) is 21.5. The van der Waals surface area contributed by atoms with Crippen molar-refractivity contribution in [2.45, 2.75) is 19.7 Å². The van der Waals surface area contributed by atoms with E-state index in [-0.39, 0.29) is 11.2 Å². The summed E-state index contributed by atoms with van der Waals surface area (Å²) in [6.45, 7) is 2.43. The number of hydrogen-bond acceptors (Lipinski definition) is 8. The number of methoxy groups -OCH3 is 1. The van der Waals surface area contributed by atoms with Crippen LogP contribution in [0.1, 0.15) is 16.4 Å². The molecule has 9 heteroatoms. The molecule has 1 saturated heterocycles. The van der Waals surface area contributed by atoms with Crippen LogP contribution in [0.5, 0.6) is 5.75 Å². The first-order chi connectivity index (χ1) is 15.2. The maximum absolute atomic E-state index is 13.3. The van der Waals surface area contributed by atoms with Crippen molar-refractivity contribution in [1.82, 2.24) is 15.1 Å². The van der Waals surface area contributed by atoms with E-state index in [1.807, 2.05) is 47.4 Å². The molecule has 1 aliphatic heterocycles. The molecule has 0 unspecified atom stereocenters. The van der Waals surface area contributed by atoms with Gasteiger partial charge in [0, 0.05) is 18.8 Å². The van der Waals surface area contributed by atoms with Crippen molar-refractivity contribution in [3.05, 3.63) is 65.7 Å². The highest BCUT2D eigenvalue weighted by Gasteiger charge is 2.29. The number of rotatable bonds is 8. The van der Waals surface area contributed by atoms with Crippen LogP contribution < -0.4 is 4.74 Å². The van der Waals surface area contributed by atoms with Crippen molar-refractivity contribution < 1.29 is 14.3 Å². The van der Waals surface area contributed by atoms with Crippen LogP contribution in [-0.4, -0.2) is 54.4 Å². The number of nitrogens with zero attached hydrogens (tertiary/aromatic N) is 3. The van der Waals surface area contributed by atoms with Crippen LogP contribution in [0.15, 0.2) is 63.3 Å². The number of amides is 1. The third-order valence-electron chi connectivity index (χ3n) is 4.78. The van der Waals surface area contributed by atoms with Gasteiger partial charge in [-0.15, -0.1) is 10.2 Å². The lowest BCUT2D eigenvalue weighted by Gasteiger charge is -2.30. The van der Waals surface area contributed by atoms with Gasteiger partial charge in [0.1, 0.15) is 11.0 Å². The van der Waals surface area contributed by atoms with Crippen LogP contribution in [0.4, 0.5) is 0 Å². The Labute approximate surface area is 194 Å². The SMILES string of the molecule is COc1ccc(CSc2nnc(S[C@H](C(=O)N3CCOCC3)c3ccccc3)s2)cc1. The van der Waals surface area contributed by atoms with Crippen LogP contribution in [0.2, 0.25) is 0 Å². The second-order valence-electron chi connectivity index (χ2n) is 6.82. The molecule has 3 aromatic rings. The predicted molar refractivity (Wildman–Crippen MR) is 125 cm³/mol. The van der Waals surface area contributed by atoms with Crippen LogP contribution in [-0.2, 0) is 15.3 Å². The third kappa shape index (κ3) is 6.00. The fourth-order valence-corrected chi connectivity index (χ4v) is 6.36. The molecule has 0 saturated carbocycles. The summed E-state index contributed by atoms with van der Waals surface area (Å²) >= 11 is 4.65. The molecule has 0 bridgehead atoms. The summed E-state index contributed by atoms with van der Waals surface area (Å²) < 4.78 is 12.3. The second kappa shape index (κ2) is 11.0. The van der Waals surface area contributed by atoms with Gasteiger partial charge < -0.3 is 14.4 Å². The van der Waals surface area contributed by atoms with E-state index in [2.05, 4.69) is 22.3 Å². The largest absolute Gasteiger partial charge is 0.497 e.